The van der Waals surface area contributed by atoms with Gasteiger partial charge in [-0.3, -0.25) is 0 Å². The molecule has 3 heterocycles. The number of nitrogens with zero attached hydrogens (tertiary/aromatic N) is 5. The highest BCUT2D eigenvalue weighted by Gasteiger charge is 2.21. The van der Waals surface area contributed by atoms with E-state index in [1.54, 1.807) is 0 Å². The van der Waals surface area contributed by atoms with Gasteiger partial charge < -0.3 is 4.57 Å². The van der Waals surface area contributed by atoms with Crippen molar-refractivity contribution in [1.29, 1.82) is 5.26 Å². The van der Waals surface area contributed by atoms with Gasteiger partial charge in [-0.2, -0.15) is 5.26 Å². The zero-order chi connectivity index (χ0) is 38.6. The third-order valence-corrected chi connectivity index (χ3v) is 12.1. The Morgan fingerprint density at radius 3 is 1.64 bits per heavy atom. The second-order valence-electron chi connectivity index (χ2n) is 14.4. The molecule has 11 rings (SSSR count). The van der Waals surface area contributed by atoms with E-state index in [1.807, 2.05) is 96.3 Å². The first kappa shape index (κ1) is 33.6. The molecule has 0 radical (unpaired) electrons. The fraction of sp³-hybridized carbons (Fsp3) is 0. The highest BCUT2D eigenvalue weighted by Crippen LogP contribution is 2.45. The molecule has 0 saturated heterocycles. The monoisotopic (exact) mass is 757 g/mol. The topological polar surface area (TPSA) is 67.4 Å². The average molecular weight is 758 g/mol. The standard InChI is InChI=1S/C52H31N5S/c53-32-33-20-22-35(23-21-33)39-28-40(52-55-50(36-14-6-2-7-15-36)54-51(56-52)37-16-8-3-9-17-37)30-41(29-39)57-45-27-26-43-42-18-10-11-19-47(42)58-49(43)48(45)44-25-24-38(31-46(44)57)34-12-4-1-5-13-34/h1-31H. The van der Waals surface area contributed by atoms with Crippen molar-refractivity contribution in [2.75, 3.05) is 0 Å². The number of fused-ring (bicyclic) bond motifs is 7. The van der Waals surface area contributed by atoms with Gasteiger partial charge in [0.1, 0.15) is 0 Å². The Bertz CT molecular complexity index is 3320. The van der Waals surface area contributed by atoms with Gasteiger partial charge in [0.05, 0.1) is 22.7 Å². The van der Waals surface area contributed by atoms with Crippen LogP contribution in [-0.2, 0) is 0 Å². The van der Waals surface area contributed by atoms with E-state index in [0.29, 0.717) is 23.0 Å². The molecule has 6 heteroatoms. The molecule has 0 bridgehead atoms. The lowest BCUT2D eigenvalue weighted by Crippen LogP contribution is -2.02. The molecule has 5 nitrogen and oxygen atoms in total. The van der Waals surface area contributed by atoms with E-state index >= 15 is 0 Å². The molecule has 0 saturated carbocycles. The van der Waals surface area contributed by atoms with Gasteiger partial charge in [0, 0.05) is 53.3 Å². The van der Waals surface area contributed by atoms with Crippen molar-refractivity contribution in [2.24, 2.45) is 0 Å². The van der Waals surface area contributed by atoms with Crippen molar-refractivity contribution in [3.8, 4) is 68.2 Å². The molecule has 11 aromatic rings. The normalized spacial score (nSPS) is 11.4. The van der Waals surface area contributed by atoms with Gasteiger partial charge in [0.25, 0.3) is 0 Å². The number of benzene rings is 8. The van der Waals surface area contributed by atoms with Crippen LogP contribution in [0.1, 0.15) is 5.56 Å². The summed E-state index contributed by atoms with van der Waals surface area (Å²) in [5, 5.41) is 14.6. The summed E-state index contributed by atoms with van der Waals surface area (Å²) in [6.07, 6.45) is 0. The summed E-state index contributed by atoms with van der Waals surface area (Å²) >= 11 is 1.85. The smallest absolute Gasteiger partial charge is 0.164 e. The zero-order valence-electron chi connectivity index (χ0n) is 31.0. The summed E-state index contributed by atoms with van der Waals surface area (Å²) in [5.74, 6) is 1.78. The molecule has 8 aromatic carbocycles. The first-order valence-electron chi connectivity index (χ1n) is 19.2. The van der Waals surface area contributed by atoms with Crippen molar-refractivity contribution in [1.82, 2.24) is 19.5 Å². The van der Waals surface area contributed by atoms with Crippen molar-refractivity contribution < 1.29 is 0 Å². The fourth-order valence-electron chi connectivity index (χ4n) is 8.08. The number of hydrogen-bond donors (Lipinski definition) is 0. The molecule has 0 amide bonds. The van der Waals surface area contributed by atoms with E-state index < -0.39 is 0 Å². The van der Waals surface area contributed by atoms with Crippen LogP contribution in [-0.4, -0.2) is 19.5 Å². The van der Waals surface area contributed by atoms with Crippen molar-refractivity contribution in [3.63, 3.8) is 0 Å². The number of hydrogen-bond acceptors (Lipinski definition) is 5. The Labute approximate surface area is 338 Å². The molecule has 0 aliphatic rings. The summed E-state index contributed by atoms with van der Waals surface area (Å²) in [5.41, 5.74) is 10.8. The Morgan fingerprint density at radius 2 is 0.966 bits per heavy atom. The third kappa shape index (κ3) is 5.73. The predicted molar refractivity (Wildman–Crippen MR) is 239 cm³/mol. The van der Waals surface area contributed by atoms with Crippen LogP contribution in [0, 0.1) is 11.3 Å². The van der Waals surface area contributed by atoms with E-state index in [2.05, 4.69) is 114 Å². The number of nitriles is 1. The van der Waals surface area contributed by atoms with E-state index in [0.717, 1.165) is 55.7 Å². The van der Waals surface area contributed by atoms with Crippen LogP contribution in [0.4, 0.5) is 0 Å². The van der Waals surface area contributed by atoms with Gasteiger partial charge in [-0.25, -0.2) is 15.0 Å². The van der Waals surface area contributed by atoms with Crippen LogP contribution in [0.2, 0.25) is 0 Å². The van der Waals surface area contributed by atoms with Gasteiger partial charge in [-0.1, -0.05) is 140 Å². The van der Waals surface area contributed by atoms with E-state index in [4.69, 9.17) is 15.0 Å². The molecule has 3 aromatic heterocycles. The van der Waals surface area contributed by atoms with Crippen LogP contribution in [0.25, 0.3) is 104 Å². The highest BCUT2D eigenvalue weighted by molar-refractivity contribution is 7.26. The van der Waals surface area contributed by atoms with Crippen LogP contribution < -0.4 is 0 Å². The zero-order valence-corrected chi connectivity index (χ0v) is 31.9. The Kier molecular flexibility index (Phi) is 7.99. The van der Waals surface area contributed by atoms with Crippen molar-refractivity contribution >= 4 is 53.3 Å². The van der Waals surface area contributed by atoms with Gasteiger partial charge in [0.15, 0.2) is 17.5 Å². The first-order chi connectivity index (χ1) is 28.7. The molecule has 270 valence electrons. The Morgan fingerprint density at radius 1 is 0.414 bits per heavy atom. The lowest BCUT2D eigenvalue weighted by atomic mass is 10.00. The minimum atomic E-state index is 0.571. The Balaban J connectivity index is 1.23. The fourth-order valence-corrected chi connectivity index (χ4v) is 9.34. The molecule has 0 fully saturated rings. The maximum absolute atomic E-state index is 9.65. The van der Waals surface area contributed by atoms with Crippen LogP contribution in [0.5, 0.6) is 0 Å². The van der Waals surface area contributed by atoms with Crippen LogP contribution >= 0.6 is 11.3 Å². The summed E-state index contributed by atoms with van der Waals surface area (Å²) in [6, 6.07) is 67.4. The maximum atomic E-state index is 9.65. The number of rotatable bonds is 6. The summed E-state index contributed by atoms with van der Waals surface area (Å²) in [7, 11) is 0. The first-order valence-corrected chi connectivity index (χ1v) is 20.0. The molecule has 0 atom stereocenters. The molecule has 0 aliphatic heterocycles. The molecule has 0 spiro atoms. The van der Waals surface area contributed by atoms with E-state index in [9.17, 15) is 5.26 Å². The van der Waals surface area contributed by atoms with Gasteiger partial charge in [-0.05, 0) is 70.8 Å². The molecular formula is C52H31N5S. The lowest BCUT2D eigenvalue weighted by molar-refractivity contribution is 1.07. The SMILES string of the molecule is N#Cc1ccc(-c2cc(-c3nc(-c4ccccc4)nc(-c4ccccc4)n3)cc(-n3c4cc(-c5ccccc5)ccc4c4c5sc6ccccc6c5ccc43)c2)cc1. The van der Waals surface area contributed by atoms with Gasteiger partial charge >= 0.3 is 0 Å². The van der Waals surface area contributed by atoms with Crippen molar-refractivity contribution in [2.45, 2.75) is 0 Å². The largest absolute Gasteiger partial charge is 0.309 e. The Hall–Kier alpha value is -7.72. The number of aromatic nitrogens is 4. The maximum Gasteiger partial charge on any atom is 0.164 e. The van der Waals surface area contributed by atoms with Crippen LogP contribution in [0.3, 0.4) is 0 Å². The van der Waals surface area contributed by atoms with E-state index in [1.165, 1.54) is 30.9 Å². The van der Waals surface area contributed by atoms with Crippen molar-refractivity contribution in [3.05, 3.63) is 194 Å². The van der Waals surface area contributed by atoms with Crippen LogP contribution in [0.15, 0.2) is 188 Å². The average Bonchev–Trinajstić information content (AvgIpc) is 3.85. The lowest BCUT2D eigenvalue weighted by Gasteiger charge is -2.15. The predicted octanol–water partition coefficient (Wildman–Crippen LogP) is 13.5. The summed E-state index contributed by atoms with van der Waals surface area (Å²) in [6.45, 7) is 0. The second kappa shape index (κ2) is 13.8. The quantitative estimate of drug-likeness (QED) is 0.169. The second-order valence-corrected chi connectivity index (χ2v) is 15.4. The molecule has 0 unspecified atom stereocenters. The third-order valence-electron chi connectivity index (χ3n) is 10.9. The van der Waals surface area contributed by atoms with Gasteiger partial charge in [0.2, 0.25) is 0 Å². The number of thiophene rings is 1. The molecule has 58 heavy (non-hydrogen) atoms. The summed E-state index contributed by atoms with van der Waals surface area (Å²) < 4.78 is 4.95. The van der Waals surface area contributed by atoms with E-state index in [-0.39, 0.29) is 0 Å². The summed E-state index contributed by atoms with van der Waals surface area (Å²) in [4.78, 5) is 15.3. The molecular weight excluding hydrogens is 727 g/mol. The minimum absolute atomic E-state index is 0.571. The highest BCUT2D eigenvalue weighted by atomic mass is 32.1. The molecule has 0 aliphatic carbocycles. The van der Waals surface area contributed by atoms with Gasteiger partial charge in [-0.15, -0.1) is 11.3 Å². The minimum Gasteiger partial charge on any atom is -0.309 e. The molecule has 0 N–H and O–H groups in total.